The van der Waals surface area contributed by atoms with E-state index in [4.69, 9.17) is 5.73 Å². The molecule has 2 atom stereocenters. The second-order valence-electron chi connectivity index (χ2n) is 5.41. The molecule has 1 aliphatic rings. The van der Waals surface area contributed by atoms with E-state index in [-0.39, 0.29) is 6.04 Å². The molecule has 5 nitrogen and oxygen atoms in total. The number of carbonyl (C=O) groups is 2. The average molecular weight is 245 g/mol. The van der Waals surface area contributed by atoms with E-state index in [1.165, 1.54) is 4.90 Å². The van der Waals surface area contributed by atoms with E-state index < -0.39 is 30.1 Å². The SMILES string of the molecule is CC(C)(C)N1CC(CC(N)CF)NC(=O)C1=O. The van der Waals surface area contributed by atoms with Crippen molar-refractivity contribution in [3.63, 3.8) is 0 Å². The Morgan fingerprint density at radius 2 is 2.12 bits per heavy atom. The smallest absolute Gasteiger partial charge is 0.312 e. The van der Waals surface area contributed by atoms with Crippen LogP contribution in [0.1, 0.15) is 27.2 Å². The van der Waals surface area contributed by atoms with E-state index in [9.17, 15) is 14.0 Å². The molecule has 1 saturated heterocycles. The first kappa shape index (κ1) is 13.9. The second kappa shape index (κ2) is 5.00. The van der Waals surface area contributed by atoms with Crippen LogP contribution >= 0.6 is 0 Å². The number of hydrogen-bond acceptors (Lipinski definition) is 3. The van der Waals surface area contributed by atoms with Crippen molar-refractivity contribution in [1.29, 1.82) is 0 Å². The quantitative estimate of drug-likeness (QED) is 0.676. The van der Waals surface area contributed by atoms with Gasteiger partial charge in [0.25, 0.3) is 0 Å². The minimum Gasteiger partial charge on any atom is -0.343 e. The van der Waals surface area contributed by atoms with Gasteiger partial charge >= 0.3 is 11.8 Å². The van der Waals surface area contributed by atoms with Crippen molar-refractivity contribution in [3.05, 3.63) is 0 Å². The Balaban J connectivity index is 2.74. The van der Waals surface area contributed by atoms with Crippen LogP contribution in [0.3, 0.4) is 0 Å². The Labute approximate surface area is 101 Å². The van der Waals surface area contributed by atoms with Crippen molar-refractivity contribution in [3.8, 4) is 0 Å². The molecular weight excluding hydrogens is 225 g/mol. The molecule has 0 radical (unpaired) electrons. The van der Waals surface area contributed by atoms with Gasteiger partial charge in [0.05, 0.1) is 0 Å². The summed E-state index contributed by atoms with van der Waals surface area (Å²) in [4.78, 5) is 24.7. The van der Waals surface area contributed by atoms with Gasteiger partial charge in [-0.3, -0.25) is 9.59 Å². The number of amides is 2. The normalized spacial score (nSPS) is 23.6. The number of hydrogen-bond donors (Lipinski definition) is 2. The summed E-state index contributed by atoms with van der Waals surface area (Å²) in [6.07, 6.45) is 0.335. The van der Waals surface area contributed by atoms with Crippen LogP contribution in [0.15, 0.2) is 0 Å². The summed E-state index contributed by atoms with van der Waals surface area (Å²) in [6, 6.07) is -0.875. The van der Waals surface area contributed by atoms with E-state index in [0.717, 1.165) is 0 Å². The summed E-state index contributed by atoms with van der Waals surface area (Å²) < 4.78 is 12.3. The van der Waals surface area contributed by atoms with Crippen molar-refractivity contribution in [2.75, 3.05) is 13.2 Å². The van der Waals surface area contributed by atoms with Gasteiger partial charge in [0.15, 0.2) is 0 Å². The van der Waals surface area contributed by atoms with Gasteiger partial charge < -0.3 is 16.0 Å². The summed E-state index contributed by atoms with van der Waals surface area (Å²) in [5.74, 6) is -1.18. The molecule has 98 valence electrons. The molecule has 1 fully saturated rings. The molecule has 0 aromatic carbocycles. The van der Waals surface area contributed by atoms with Gasteiger partial charge in [0, 0.05) is 24.2 Å². The summed E-state index contributed by atoms with van der Waals surface area (Å²) in [5, 5.41) is 2.56. The lowest BCUT2D eigenvalue weighted by Gasteiger charge is -2.41. The average Bonchev–Trinajstić information content (AvgIpc) is 2.21. The molecule has 0 aromatic rings. The van der Waals surface area contributed by atoms with Crippen LogP contribution in [0.5, 0.6) is 0 Å². The largest absolute Gasteiger partial charge is 0.343 e. The first-order chi connectivity index (χ1) is 7.75. The van der Waals surface area contributed by atoms with E-state index in [1.807, 2.05) is 20.8 Å². The molecule has 0 aromatic heterocycles. The van der Waals surface area contributed by atoms with Crippen LogP contribution in [0.25, 0.3) is 0 Å². The Bertz CT molecular complexity index is 314. The minimum absolute atomic E-state index is 0.273. The van der Waals surface area contributed by atoms with Crippen molar-refractivity contribution < 1.29 is 14.0 Å². The Morgan fingerprint density at radius 1 is 1.53 bits per heavy atom. The van der Waals surface area contributed by atoms with Crippen LogP contribution in [0, 0.1) is 0 Å². The summed E-state index contributed by atoms with van der Waals surface area (Å²) in [6.45, 7) is 5.32. The number of nitrogens with zero attached hydrogens (tertiary/aromatic N) is 1. The highest BCUT2D eigenvalue weighted by atomic mass is 19.1. The lowest BCUT2D eigenvalue weighted by Crippen LogP contribution is -2.63. The zero-order valence-electron chi connectivity index (χ0n) is 10.5. The molecule has 1 rings (SSSR count). The second-order valence-corrected chi connectivity index (χ2v) is 5.41. The fraction of sp³-hybridized carbons (Fsp3) is 0.818. The molecule has 0 bridgehead atoms. The zero-order chi connectivity index (χ0) is 13.2. The van der Waals surface area contributed by atoms with Crippen molar-refractivity contribution in [2.45, 2.75) is 44.8 Å². The summed E-state index contributed by atoms with van der Waals surface area (Å²) >= 11 is 0. The van der Waals surface area contributed by atoms with Gasteiger partial charge in [0.1, 0.15) is 6.67 Å². The highest BCUT2D eigenvalue weighted by molar-refractivity contribution is 6.35. The van der Waals surface area contributed by atoms with Crippen molar-refractivity contribution in [1.82, 2.24) is 10.2 Å². The number of carbonyl (C=O) groups excluding carboxylic acids is 2. The lowest BCUT2D eigenvalue weighted by molar-refractivity contribution is -0.153. The number of halogens is 1. The number of rotatable bonds is 3. The fourth-order valence-corrected chi connectivity index (χ4v) is 1.86. The minimum atomic E-state index is -0.637. The van der Waals surface area contributed by atoms with Crippen molar-refractivity contribution in [2.24, 2.45) is 5.73 Å². The van der Waals surface area contributed by atoms with Crippen molar-refractivity contribution >= 4 is 11.8 Å². The Kier molecular flexibility index (Phi) is 4.08. The molecule has 1 heterocycles. The topological polar surface area (TPSA) is 75.4 Å². The zero-order valence-corrected chi connectivity index (χ0v) is 10.5. The van der Waals surface area contributed by atoms with E-state index in [0.29, 0.717) is 13.0 Å². The van der Waals surface area contributed by atoms with Crippen LogP contribution < -0.4 is 11.1 Å². The standard InChI is InChI=1S/C11H20FN3O2/c1-11(2,3)15-6-8(4-7(13)5-12)14-9(16)10(15)17/h7-8H,4-6,13H2,1-3H3,(H,14,16). The van der Waals surface area contributed by atoms with Crippen LogP contribution in [-0.2, 0) is 9.59 Å². The molecule has 0 saturated carbocycles. The van der Waals surface area contributed by atoms with Crippen LogP contribution in [-0.4, -0.2) is 47.6 Å². The van der Waals surface area contributed by atoms with E-state index in [1.54, 1.807) is 0 Å². The maximum atomic E-state index is 12.3. The highest BCUT2D eigenvalue weighted by Crippen LogP contribution is 2.18. The molecule has 0 aliphatic carbocycles. The maximum absolute atomic E-state index is 12.3. The molecule has 1 aliphatic heterocycles. The molecule has 2 amide bonds. The molecule has 2 unspecified atom stereocenters. The van der Waals surface area contributed by atoms with Gasteiger partial charge in [-0.15, -0.1) is 0 Å². The lowest BCUT2D eigenvalue weighted by atomic mass is 9.99. The molecule has 0 spiro atoms. The highest BCUT2D eigenvalue weighted by Gasteiger charge is 2.38. The van der Waals surface area contributed by atoms with Gasteiger partial charge in [-0.25, -0.2) is 4.39 Å². The van der Waals surface area contributed by atoms with Gasteiger partial charge in [-0.1, -0.05) is 0 Å². The number of nitrogens with two attached hydrogens (primary N) is 1. The van der Waals surface area contributed by atoms with Crippen LogP contribution in [0.4, 0.5) is 4.39 Å². The molecular formula is C11H20FN3O2. The van der Waals surface area contributed by atoms with E-state index >= 15 is 0 Å². The number of nitrogens with one attached hydrogen (secondary N) is 1. The maximum Gasteiger partial charge on any atom is 0.312 e. The third kappa shape index (κ3) is 3.39. The monoisotopic (exact) mass is 245 g/mol. The summed E-state index contributed by atoms with van der Waals surface area (Å²) in [7, 11) is 0. The fourth-order valence-electron chi connectivity index (χ4n) is 1.86. The number of piperazine rings is 1. The molecule has 6 heteroatoms. The predicted molar refractivity (Wildman–Crippen MR) is 62.0 cm³/mol. The van der Waals surface area contributed by atoms with Crippen LogP contribution in [0.2, 0.25) is 0 Å². The van der Waals surface area contributed by atoms with E-state index in [2.05, 4.69) is 5.32 Å². The summed E-state index contributed by atoms with van der Waals surface area (Å²) in [5.41, 5.74) is 5.08. The predicted octanol–water partition coefficient (Wildman–Crippen LogP) is -0.201. The first-order valence-corrected chi connectivity index (χ1v) is 5.69. The number of alkyl halides is 1. The molecule has 3 N–H and O–H groups in total. The Hall–Kier alpha value is -1.17. The third-order valence-corrected chi connectivity index (χ3v) is 2.77. The van der Waals surface area contributed by atoms with Gasteiger partial charge in [-0.2, -0.15) is 0 Å². The third-order valence-electron chi connectivity index (χ3n) is 2.77. The van der Waals surface area contributed by atoms with Gasteiger partial charge in [0.2, 0.25) is 0 Å². The first-order valence-electron chi connectivity index (χ1n) is 5.69. The molecule has 17 heavy (non-hydrogen) atoms. The Morgan fingerprint density at radius 3 is 2.59 bits per heavy atom. The van der Waals surface area contributed by atoms with Gasteiger partial charge in [-0.05, 0) is 27.2 Å².